The van der Waals surface area contributed by atoms with E-state index in [1.54, 1.807) is 0 Å². The fourth-order valence-corrected chi connectivity index (χ4v) is 1.76. The van der Waals surface area contributed by atoms with Gasteiger partial charge in [-0.3, -0.25) is 4.79 Å². The Morgan fingerprint density at radius 3 is 2.21 bits per heavy atom. The summed E-state index contributed by atoms with van der Waals surface area (Å²) in [5, 5.41) is 3.38. The minimum atomic E-state index is 0.0995. The van der Waals surface area contributed by atoms with Gasteiger partial charge in [-0.2, -0.15) is 0 Å². The van der Waals surface area contributed by atoms with Crippen molar-refractivity contribution in [3.05, 3.63) is 0 Å². The van der Waals surface area contributed by atoms with Gasteiger partial charge in [-0.25, -0.2) is 0 Å². The number of hydrogen-bond donors (Lipinski definition) is 1. The van der Waals surface area contributed by atoms with Crippen LogP contribution in [-0.4, -0.2) is 17.9 Å². The van der Waals surface area contributed by atoms with Crippen molar-refractivity contribution in [2.24, 2.45) is 11.8 Å². The van der Waals surface area contributed by atoms with E-state index in [1.165, 1.54) is 12.8 Å². The third kappa shape index (κ3) is 3.79. The minimum absolute atomic E-state index is 0.0995. The molecule has 0 spiro atoms. The maximum atomic E-state index is 11.9. The van der Waals surface area contributed by atoms with Gasteiger partial charge in [-0.15, -0.1) is 0 Å². The summed E-state index contributed by atoms with van der Waals surface area (Å²) in [6, 6.07) is 0.504. The predicted octanol–water partition coefficient (Wildman–Crippen LogP) is 2.38. The maximum absolute atomic E-state index is 11.9. The van der Waals surface area contributed by atoms with Crippen LogP contribution in [0.15, 0.2) is 0 Å². The minimum Gasteiger partial charge on any atom is -0.305 e. The van der Waals surface area contributed by atoms with Crippen LogP contribution in [-0.2, 0) is 4.79 Å². The number of carbonyl (C=O) groups excluding carboxylic acids is 1. The Hall–Kier alpha value is -0.370. The van der Waals surface area contributed by atoms with Crippen molar-refractivity contribution in [2.45, 2.75) is 59.0 Å². The molecule has 1 aliphatic carbocycles. The van der Waals surface area contributed by atoms with Crippen molar-refractivity contribution in [3.63, 3.8) is 0 Å². The van der Waals surface area contributed by atoms with Gasteiger partial charge >= 0.3 is 0 Å². The zero-order valence-corrected chi connectivity index (χ0v) is 9.84. The second kappa shape index (κ2) is 4.92. The molecule has 0 aromatic carbocycles. The van der Waals surface area contributed by atoms with Gasteiger partial charge in [-0.05, 0) is 12.3 Å². The molecule has 0 radical (unpaired) electrons. The van der Waals surface area contributed by atoms with Gasteiger partial charge in [-0.1, -0.05) is 40.5 Å². The summed E-state index contributed by atoms with van der Waals surface area (Å²) in [5.41, 5.74) is 0. The van der Waals surface area contributed by atoms with E-state index in [9.17, 15) is 4.79 Å². The molecule has 1 saturated carbocycles. The molecule has 14 heavy (non-hydrogen) atoms. The fraction of sp³-hybridized carbons (Fsp3) is 0.917. The molecule has 1 fully saturated rings. The van der Waals surface area contributed by atoms with Crippen molar-refractivity contribution in [3.8, 4) is 0 Å². The third-order valence-corrected chi connectivity index (χ3v) is 2.71. The van der Waals surface area contributed by atoms with Gasteiger partial charge in [0.2, 0.25) is 0 Å². The molecule has 0 aromatic rings. The summed E-state index contributed by atoms with van der Waals surface area (Å²) in [5.74, 6) is 1.35. The van der Waals surface area contributed by atoms with Crippen LogP contribution in [0.4, 0.5) is 0 Å². The largest absolute Gasteiger partial charge is 0.305 e. The van der Waals surface area contributed by atoms with Gasteiger partial charge in [0.05, 0.1) is 6.04 Å². The highest BCUT2D eigenvalue weighted by atomic mass is 16.1. The normalized spacial score (nSPS) is 19.0. The van der Waals surface area contributed by atoms with E-state index < -0.39 is 0 Å². The van der Waals surface area contributed by atoms with Gasteiger partial charge in [0, 0.05) is 12.0 Å². The standard InChI is InChI=1S/C12H23NO/c1-8(2)12(14)11(13-9(3)4)7-10-5-6-10/h8-11,13H,5-7H2,1-4H3. The van der Waals surface area contributed by atoms with Crippen molar-refractivity contribution >= 4 is 5.78 Å². The monoisotopic (exact) mass is 197 g/mol. The number of carbonyl (C=O) groups is 1. The Morgan fingerprint density at radius 1 is 1.29 bits per heavy atom. The third-order valence-electron chi connectivity index (χ3n) is 2.71. The lowest BCUT2D eigenvalue weighted by Gasteiger charge is -2.21. The Kier molecular flexibility index (Phi) is 4.11. The van der Waals surface area contributed by atoms with Crippen LogP contribution < -0.4 is 5.32 Å². The number of Topliss-reactive ketones (excluding diaryl/α,β-unsaturated/α-hetero) is 1. The maximum Gasteiger partial charge on any atom is 0.152 e. The lowest BCUT2D eigenvalue weighted by atomic mass is 9.97. The van der Waals surface area contributed by atoms with E-state index >= 15 is 0 Å². The number of ketones is 1. The average Bonchev–Trinajstić information content (AvgIpc) is 2.84. The first-order chi connectivity index (χ1) is 6.50. The van der Waals surface area contributed by atoms with E-state index in [4.69, 9.17) is 0 Å². The van der Waals surface area contributed by atoms with Crippen LogP contribution in [0.5, 0.6) is 0 Å². The molecular weight excluding hydrogens is 174 g/mol. The second-order valence-corrected chi connectivity index (χ2v) is 5.11. The first-order valence-electron chi connectivity index (χ1n) is 5.80. The number of rotatable bonds is 6. The quantitative estimate of drug-likeness (QED) is 0.708. The molecule has 0 saturated heterocycles. The highest BCUT2D eigenvalue weighted by Gasteiger charge is 2.30. The molecule has 0 amide bonds. The van der Waals surface area contributed by atoms with Crippen molar-refractivity contribution in [2.75, 3.05) is 0 Å². The Labute approximate surface area is 87.5 Å². The zero-order chi connectivity index (χ0) is 10.7. The number of nitrogens with one attached hydrogen (secondary N) is 1. The fourth-order valence-electron chi connectivity index (χ4n) is 1.76. The molecular formula is C12H23NO. The zero-order valence-electron chi connectivity index (χ0n) is 9.84. The number of hydrogen-bond acceptors (Lipinski definition) is 2. The highest BCUT2D eigenvalue weighted by molar-refractivity contribution is 5.85. The molecule has 2 heteroatoms. The Morgan fingerprint density at radius 2 is 1.86 bits per heavy atom. The van der Waals surface area contributed by atoms with Crippen LogP contribution in [0.25, 0.3) is 0 Å². The van der Waals surface area contributed by atoms with E-state index in [0.717, 1.165) is 12.3 Å². The van der Waals surface area contributed by atoms with E-state index in [1.807, 2.05) is 13.8 Å². The van der Waals surface area contributed by atoms with Crippen molar-refractivity contribution < 1.29 is 4.79 Å². The van der Waals surface area contributed by atoms with Gasteiger partial charge < -0.3 is 5.32 Å². The van der Waals surface area contributed by atoms with Gasteiger partial charge in [0.1, 0.15) is 0 Å². The predicted molar refractivity (Wildman–Crippen MR) is 59.2 cm³/mol. The molecule has 82 valence electrons. The van der Waals surface area contributed by atoms with Crippen LogP contribution >= 0.6 is 0 Å². The molecule has 2 nitrogen and oxygen atoms in total. The lowest BCUT2D eigenvalue weighted by Crippen LogP contribution is -2.43. The Balaban J connectivity index is 2.45. The first-order valence-corrected chi connectivity index (χ1v) is 5.80. The molecule has 0 heterocycles. The van der Waals surface area contributed by atoms with Crippen molar-refractivity contribution in [1.29, 1.82) is 0 Å². The van der Waals surface area contributed by atoms with Gasteiger partial charge in [0.25, 0.3) is 0 Å². The molecule has 0 bridgehead atoms. The molecule has 0 aliphatic heterocycles. The molecule has 1 unspecified atom stereocenters. The molecule has 1 aliphatic rings. The topological polar surface area (TPSA) is 29.1 Å². The van der Waals surface area contributed by atoms with E-state index in [0.29, 0.717) is 11.8 Å². The van der Waals surface area contributed by atoms with E-state index in [2.05, 4.69) is 19.2 Å². The SMILES string of the molecule is CC(C)NC(CC1CC1)C(=O)C(C)C. The van der Waals surface area contributed by atoms with Crippen LogP contribution in [0.1, 0.15) is 47.0 Å². The molecule has 0 aromatic heterocycles. The molecule has 1 N–H and O–H groups in total. The summed E-state index contributed by atoms with van der Waals surface area (Å²) >= 11 is 0. The van der Waals surface area contributed by atoms with Crippen LogP contribution in [0.3, 0.4) is 0 Å². The summed E-state index contributed by atoms with van der Waals surface area (Å²) in [4.78, 5) is 11.9. The lowest BCUT2D eigenvalue weighted by molar-refractivity contribution is -0.124. The Bertz CT molecular complexity index is 190. The van der Waals surface area contributed by atoms with Crippen molar-refractivity contribution in [1.82, 2.24) is 5.32 Å². The average molecular weight is 197 g/mol. The first kappa shape index (κ1) is 11.7. The van der Waals surface area contributed by atoms with E-state index in [-0.39, 0.29) is 12.0 Å². The van der Waals surface area contributed by atoms with Crippen LogP contribution in [0, 0.1) is 11.8 Å². The summed E-state index contributed by atoms with van der Waals surface area (Å²) in [7, 11) is 0. The van der Waals surface area contributed by atoms with Crippen LogP contribution in [0.2, 0.25) is 0 Å². The summed E-state index contributed by atoms with van der Waals surface area (Å²) < 4.78 is 0. The molecule has 1 rings (SSSR count). The summed E-state index contributed by atoms with van der Waals surface area (Å²) in [6.45, 7) is 8.19. The van der Waals surface area contributed by atoms with Gasteiger partial charge in [0.15, 0.2) is 5.78 Å². The smallest absolute Gasteiger partial charge is 0.152 e. The second-order valence-electron chi connectivity index (χ2n) is 5.11. The summed E-state index contributed by atoms with van der Waals surface area (Å²) in [6.07, 6.45) is 3.69. The highest BCUT2D eigenvalue weighted by Crippen LogP contribution is 2.34. The molecule has 1 atom stereocenters.